The number of allylic oxidation sites excluding steroid dienone is 3. The van der Waals surface area contributed by atoms with Crippen molar-refractivity contribution < 1.29 is 74.1 Å². The van der Waals surface area contributed by atoms with Crippen LogP contribution in [0.15, 0.2) is 23.3 Å². The molecule has 2 saturated carbocycles. The van der Waals surface area contributed by atoms with E-state index in [1.807, 2.05) is 0 Å². The van der Waals surface area contributed by atoms with Crippen LogP contribution in [0.5, 0.6) is 0 Å². The van der Waals surface area contributed by atoms with Gasteiger partial charge in [-0.3, -0.25) is 4.79 Å². The predicted octanol–water partition coefficient (Wildman–Crippen LogP) is -0.0368. The van der Waals surface area contributed by atoms with Crippen molar-refractivity contribution in [3.63, 3.8) is 0 Å². The first kappa shape index (κ1) is 40.8. The van der Waals surface area contributed by atoms with Crippen molar-refractivity contribution in [3.8, 4) is 0 Å². The topological polar surface area (TPSA) is 234 Å². The van der Waals surface area contributed by atoms with Gasteiger partial charge in [0.05, 0.1) is 24.9 Å². The average Bonchev–Trinajstić information content (AvgIpc) is 3.50. The van der Waals surface area contributed by atoms with Crippen molar-refractivity contribution in [2.75, 3.05) is 6.61 Å². The van der Waals surface area contributed by atoms with Crippen LogP contribution in [0.1, 0.15) is 79.6 Å². The molecule has 3 aliphatic heterocycles. The second-order valence-corrected chi connectivity index (χ2v) is 17.4. The molecule has 0 aromatic rings. The van der Waals surface area contributed by atoms with Gasteiger partial charge in [-0.1, -0.05) is 31.6 Å². The van der Waals surface area contributed by atoms with Crippen molar-refractivity contribution in [1.82, 2.24) is 0 Å². The van der Waals surface area contributed by atoms with E-state index in [0.29, 0.717) is 30.6 Å². The van der Waals surface area contributed by atoms with Crippen LogP contribution in [0.4, 0.5) is 0 Å². The Kier molecular flexibility index (Phi) is 11.6. The Balaban J connectivity index is 1.10. The third-order valence-electron chi connectivity index (χ3n) is 14.3. The highest BCUT2D eigenvalue weighted by atomic mass is 16.8. The van der Waals surface area contributed by atoms with Crippen LogP contribution >= 0.6 is 0 Å². The Morgan fingerprint density at radius 3 is 1.89 bits per heavy atom. The first-order valence-corrected chi connectivity index (χ1v) is 19.7. The Morgan fingerprint density at radius 2 is 1.30 bits per heavy atom. The molecule has 8 N–H and O–H groups in total. The molecule has 7 aliphatic rings. The van der Waals surface area contributed by atoms with E-state index in [9.17, 15) is 45.6 Å². The molecular weight excluding hydrogens is 708 g/mol. The fourth-order valence-electron chi connectivity index (χ4n) is 11.1. The number of aliphatic hydroxyl groups is 8. The molecule has 3 unspecified atom stereocenters. The molecular formula is C39H60O15. The SMILES string of the molecule is CC(=O)C1=CCC2C3CC=C4C[C@@H](O[C@@H]5O[C@H](CO)[C@@H](O[C@@H]6O[C@H](C)[C@@H](O)[C@@H](O)[C@H]6O)[C@@H](O)[C@H]5O[C@@H]5O[C@H](C)[C@@H](O)[C@@H](O)[C@H]5O)CC[C@]4(C)C3CC[C@]12C. The maximum Gasteiger partial charge on any atom is 0.187 e. The quantitative estimate of drug-likeness (QED) is 0.152. The van der Waals surface area contributed by atoms with E-state index < -0.39 is 98.7 Å². The summed E-state index contributed by atoms with van der Waals surface area (Å²) in [6, 6.07) is 0. The maximum atomic E-state index is 12.5. The van der Waals surface area contributed by atoms with Gasteiger partial charge in [0.25, 0.3) is 0 Å². The minimum absolute atomic E-state index is 0.0538. The lowest BCUT2D eigenvalue weighted by Gasteiger charge is -2.58. The number of ether oxygens (including phenoxy) is 6. The summed E-state index contributed by atoms with van der Waals surface area (Å²) < 4.78 is 36.2. The number of carbonyl (C=O) groups excluding carboxylic acids is 1. The van der Waals surface area contributed by atoms with Crippen LogP contribution in [0.3, 0.4) is 0 Å². The molecule has 0 aromatic heterocycles. The first-order valence-electron chi connectivity index (χ1n) is 19.7. The van der Waals surface area contributed by atoms with Gasteiger partial charge in [-0.2, -0.15) is 0 Å². The molecule has 7 rings (SSSR count). The van der Waals surface area contributed by atoms with Crippen molar-refractivity contribution >= 4 is 5.78 Å². The highest BCUT2D eigenvalue weighted by Crippen LogP contribution is 2.65. The molecule has 21 atom stereocenters. The second-order valence-electron chi connectivity index (χ2n) is 17.4. The zero-order chi connectivity index (χ0) is 39.0. The molecule has 4 aliphatic carbocycles. The first-order chi connectivity index (χ1) is 25.5. The number of Topliss-reactive ketones (excluding diaryl/α,β-unsaturated/α-hetero) is 1. The van der Waals surface area contributed by atoms with E-state index in [1.54, 1.807) is 6.92 Å². The Labute approximate surface area is 315 Å². The fourth-order valence-corrected chi connectivity index (χ4v) is 11.1. The number of hydrogen-bond acceptors (Lipinski definition) is 15. The molecule has 0 spiro atoms. The standard InChI is InChI=1S/C39H60O15/c1-16(41)22-8-9-23-21-7-6-19-14-20(10-12-38(19,4)24(21)11-13-39(22,23)5)51-37-34(54-36-31(47)29(45)27(43)18(3)50-36)32(48)33(25(15-40)52-37)53-35-30(46)28(44)26(42)17(2)49-35/h6,8,17-18,20-21,23-37,40,42-48H,7,9-15H2,1-5H3/t17-,18-,20+,21?,23?,24?,25-,26-,27-,28-,29-,30-,31-,32-,33-,34-,35+,36+,37-,38+,39-/m1/s1. The van der Waals surface area contributed by atoms with Crippen LogP contribution in [-0.2, 0) is 33.2 Å². The lowest BCUT2D eigenvalue weighted by Crippen LogP contribution is -2.66. The minimum Gasteiger partial charge on any atom is -0.394 e. The van der Waals surface area contributed by atoms with Crippen molar-refractivity contribution in [3.05, 3.63) is 23.3 Å². The number of rotatable bonds is 8. The molecule has 3 saturated heterocycles. The highest BCUT2D eigenvalue weighted by Gasteiger charge is 2.59. The van der Waals surface area contributed by atoms with Gasteiger partial charge in [-0.25, -0.2) is 0 Å². The van der Waals surface area contributed by atoms with Crippen LogP contribution in [0.25, 0.3) is 0 Å². The molecule has 5 fully saturated rings. The summed E-state index contributed by atoms with van der Waals surface area (Å²) in [6.07, 6.45) is -11.4. The molecule has 54 heavy (non-hydrogen) atoms. The smallest absolute Gasteiger partial charge is 0.187 e. The molecule has 0 amide bonds. The molecule has 3 heterocycles. The summed E-state index contributed by atoms with van der Waals surface area (Å²) in [5.74, 6) is 1.53. The second kappa shape index (κ2) is 15.4. The molecule has 15 nitrogen and oxygen atoms in total. The monoisotopic (exact) mass is 768 g/mol. The van der Waals surface area contributed by atoms with Crippen LogP contribution in [0.2, 0.25) is 0 Å². The van der Waals surface area contributed by atoms with Gasteiger partial charge < -0.3 is 69.3 Å². The molecule has 15 heteroatoms. The van der Waals surface area contributed by atoms with Gasteiger partial charge in [-0.15, -0.1) is 0 Å². The van der Waals surface area contributed by atoms with Crippen LogP contribution in [-0.4, -0.2) is 151 Å². The summed E-state index contributed by atoms with van der Waals surface area (Å²) >= 11 is 0. The zero-order valence-electron chi connectivity index (χ0n) is 31.7. The summed E-state index contributed by atoms with van der Waals surface area (Å²) in [4.78, 5) is 12.5. The largest absolute Gasteiger partial charge is 0.394 e. The van der Waals surface area contributed by atoms with Crippen molar-refractivity contribution in [1.29, 1.82) is 0 Å². The third-order valence-corrected chi connectivity index (χ3v) is 14.3. The van der Waals surface area contributed by atoms with E-state index in [0.717, 1.165) is 37.7 Å². The third kappa shape index (κ3) is 6.87. The Hall–Kier alpha value is -1.41. The lowest BCUT2D eigenvalue weighted by molar-refractivity contribution is -0.388. The van der Waals surface area contributed by atoms with Crippen LogP contribution in [0, 0.1) is 28.6 Å². The van der Waals surface area contributed by atoms with Gasteiger partial charge >= 0.3 is 0 Å². The highest BCUT2D eigenvalue weighted by molar-refractivity contribution is 5.95. The minimum atomic E-state index is -1.71. The number of hydrogen-bond donors (Lipinski definition) is 8. The van der Waals surface area contributed by atoms with Gasteiger partial charge in [0.15, 0.2) is 24.7 Å². The number of carbonyl (C=O) groups is 1. The predicted molar refractivity (Wildman–Crippen MR) is 187 cm³/mol. The molecule has 0 aromatic carbocycles. The van der Waals surface area contributed by atoms with E-state index in [4.69, 9.17) is 28.4 Å². The van der Waals surface area contributed by atoms with Gasteiger partial charge in [0.1, 0.15) is 61.0 Å². The number of ketones is 1. The normalized spacial score (nSPS) is 53.5. The average molecular weight is 769 g/mol. The molecule has 306 valence electrons. The maximum absolute atomic E-state index is 12.5. The van der Waals surface area contributed by atoms with E-state index in [2.05, 4.69) is 26.0 Å². The Bertz CT molecular complexity index is 1440. The van der Waals surface area contributed by atoms with Gasteiger partial charge in [-0.05, 0) is 99.9 Å². The Morgan fingerprint density at radius 1 is 0.704 bits per heavy atom. The summed E-state index contributed by atoms with van der Waals surface area (Å²) in [6.45, 7) is 8.62. The summed E-state index contributed by atoms with van der Waals surface area (Å²) in [7, 11) is 0. The summed E-state index contributed by atoms with van der Waals surface area (Å²) in [5.41, 5.74) is 2.14. The van der Waals surface area contributed by atoms with E-state index in [-0.39, 0.29) is 22.7 Å². The fraction of sp³-hybridized carbons (Fsp3) is 0.872. The summed E-state index contributed by atoms with van der Waals surface area (Å²) in [5, 5.41) is 85.2. The van der Waals surface area contributed by atoms with E-state index in [1.165, 1.54) is 19.4 Å². The van der Waals surface area contributed by atoms with Crippen molar-refractivity contribution in [2.24, 2.45) is 28.6 Å². The van der Waals surface area contributed by atoms with Crippen LogP contribution < -0.4 is 0 Å². The van der Waals surface area contributed by atoms with Gasteiger partial charge in [0.2, 0.25) is 0 Å². The zero-order valence-corrected chi connectivity index (χ0v) is 31.7. The van der Waals surface area contributed by atoms with E-state index >= 15 is 0 Å². The number of aliphatic hydroxyl groups excluding tert-OH is 8. The lowest BCUT2D eigenvalue weighted by atomic mass is 9.47. The van der Waals surface area contributed by atoms with Crippen molar-refractivity contribution in [2.45, 2.75) is 178 Å². The molecule has 0 bridgehead atoms. The van der Waals surface area contributed by atoms with Gasteiger partial charge in [0, 0.05) is 0 Å². The number of fused-ring (bicyclic) bond motifs is 5. The molecule has 0 radical (unpaired) electrons.